The molecule has 0 aliphatic carbocycles. The van der Waals surface area contributed by atoms with Gasteiger partial charge >= 0.3 is 0 Å². The van der Waals surface area contributed by atoms with Crippen molar-refractivity contribution in [1.82, 2.24) is 10.2 Å². The molecule has 1 saturated heterocycles. The van der Waals surface area contributed by atoms with Crippen LogP contribution in [0.3, 0.4) is 0 Å². The molecule has 0 aromatic heterocycles. The Morgan fingerprint density at radius 2 is 1.93 bits per heavy atom. The first kappa shape index (κ1) is 17.6. The summed E-state index contributed by atoms with van der Waals surface area (Å²) in [6.07, 6.45) is 0. The highest BCUT2D eigenvalue weighted by Gasteiger charge is 2.04. The second-order valence-corrected chi connectivity index (χ2v) is 4.60. The van der Waals surface area contributed by atoms with Crippen LogP contribution >= 0.6 is 49.2 Å². The summed E-state index contributed by atoms with van der Waals surface area (Å²) in [6, 6.07) is 0. The molecule has 0 unspecified atom stereocenters. The van der Waals surface area contributed by atoms with E-state index >= 15 is 0 Å². The maximum atomic E-state index is 4.25. The second kappa shape index (κ2) is 12.3. The molecular formula is C8H20Cl2N2S2. The van der Waals surface area contributed by atoms with E-state index in [1.54, 1.807) is 0 Å². The van der Waals surface area contributed by atoms with Crippen LogP contribution in [0.5, 0.6) is 0 Å². The summed E-state index contributed by atoms with van der Waals surface area (Å²) in [5, 5.41) is 3.43. The molecule has 0 radical (unpaired) electrons. The van der Waals surface area contributed by atoms with Crippen molar-refractivity contribution < 1.29 is 0 Å². The van der Waals surface area contributed by atoms with E-state index in [1.807, 2.05) is 11.8 Å². The predicted octanol–water partition coefficient (Wildman–Crippen LogP) is 1.40. The molecule has 1 aliphatic rings. The van der Waals surface area contributed by atoms with E-state index in [9.17, 15) is 0 Å². The van der Waals surface area contributed by atoms with Crippen LogP contribution in [0.25, 0.3) is 0 Å². The van der Waals surface area contributed by atoms with Gasteiger partial charge in [0.15, 0.2) is 0 Å². The zero-order chi connectivity index (χ0) is 8.65. The normalized spacial score (nSPS) is 19.5. The van der Waals surface area contributed by atoms with E-state index in [4.69, 9.17) is 0 Å². The van der Waals surface area contributed by atoms with Crippen LogP contribution in [0.15, 0.2) is 0 Å². The number of rotatable bonds is 2. The van der Waals surface area contributed by atoms with E-state index in [2.05, 4.69) is 22.8 Å². The maximum absolute atomic E-state index is 4.25. The zero-order valence-electron chi connectivity index (χ0n) is 8.28. The fourth-order valence-electron chi connectivity index (χ4n) is 1.28. The Morgan fingerprint density at radius 1 is 1.14 bits per heavy atom. The number of thiol groups is 1. The van der Waals surface area contributed by atoms with E-state index < -0.39 is 0 Å². The molecule has 0 spiro atoms. The minimum absolute atomic E-state index is 0. The molecule has 2 nitrogen and oxygen atoms in total. The van der Waals surface area contributed by atoms with Crippen molar-refractivity contribution >= 4 is 49.2 Å². The molecule has 1 rings (SSSR count). The lowest BCUT2D eigenvalue weighted by atomic mass is 10.4. The van der Waals surface area contributed by atoms with Gasteiger partial charge < -0.3 is 10.2 Å². The number of hydrogen-bond acceptors (Lipinski definition) is 4. The molecule has 0 saturated carbocycles. The van der Waals surface area contributed by atoms with Gasteiger partial charge in [0.2, 0.25) is 0 Å². The molecule has 0 aromatic carbocycles. The highest BCUT2D eigenvalue weighted by Crippen LogP contribution is 2.01. The Hall–Kier alpha value is 1.20. The van der Waals surface area contributed by atoms with Gasteiger partial charge in [0.05, 0.1) is 0 Å². The van der Waals surface area contributed by atoms with E-state index in [-0.39, 0.29) is 24.8 Å². The van der Waals surface area contributed by atoms with Gasteiger partial charge in [-0.15, -0.1) is 24.8 Å². The van der Waals surface area contributed by atoms with E-state index in [0.29, 0.717) is 0 Å². The minimum Gasteiger partial charge on any atom is -0.315 e. The predicted molar refractivity (Wildman–Crippen MR) is 75.0 cm³/mol. The Labute approximate surface area is 109 Å². The zero-order valence-corrected chi connectivity index (χ0v) is 11.6. The maximum Gasteiger partial charge on any atom is 0.0107 e. The molecule has 6 heteroatoms. The number of halogens is 2. The van der Waals surface area contributed by atoms with Gasteiger partial charge in [-0.3, -0.25) is 0 Å². The van der Waals surface area contributed by atoms with Crippen LogP contribution in [-0.2, 0) is 0 Å². The van der Waals surface area contributed by atoms with Crippen molar-refractivity contribution in [2.45, 2.75) is 0 Å². The fraction of sp³-hybridized carbons (Fsp3) is 1.00. The van der Waals surface area contributed by atoms with Gasteiger partial charge in [0.25, 0.3) is 0 Å². The second-order valence-electron chi connectivity index (χ2n) is 2.93. The van der Waals surface area contributed by atoms with Gasteiger partial charge in [-0.05, 0) is 0 Å². The highest BCUT2D eigenvalue weighted by molar-refractivity contribution is 7.99. The smallest absolute Gasteiger partial charge is 0.0107 e. The van der Waals surface area contributed by atoms with Gasteiger partial charge in [-0.1, -0.05) is 0 Å². The topological polar surface area (TPSA) is 15.3 Å². The molecule has 14 heavy (non-hydrogen) atoms. The highest BCUT2D eigenvalue weighted by atomic mass is 35.5. The summed E-state index contributed by atoms with van der Waals surface area (Å²) < 4.78 is 0. The first-order valence-corrected chi connectivity index (χ1v) is 6.34. The van der Waals surface area contributed by atoms with Crippen LogP contribution in [0, 0.1) is 0 Å². The Kier molecular flexibility index (Phi) is 15.4. The quantitative estimate of drug-likeness (QED) is 0.743. The first-order chi connectivity index (χ1) is 5.93. The van der Waals surface area contributed by atoms with Crippen molar-refractivity contribution in [3.63, 3.8) is 0 Å². The number of nitrogens with one attached hydrogen (secondary N) is 1. The molecule has 88 valence electrons. The monoisotopic (exact) mass is 278 g/mol. The molecular weight excluding hydrogens is 259 g/mol. The Balaban J connectivity index is 0. The van der Waals surface area contributed by atoms with Crippen molar-refractivity contribution in [3.05, 3.63) is 0 Å². The van der Waals surface area contributed by atoms with Crippen LogP contribution in [0.2, 0.25) is 0 Å². The lowest BCUT2D eigenvalue weighted by Crippen LogP contribution is -2.34. The van der Waals surface area contributed by atoms with Crippen LogP contribution < -0.4 is 5.32 Å². The summed E-state index contributed by atoms with van der Waals surface area (Å²) in [6.45, 7) is 5.84. The van der Waals surface area contributed by atoms with Crippen LogP contribution in [-0.4, -0.2) is 54.9 Å². The molecule has 0 amide bonds. The molecule has 1 heterocycles. The third-order valence-corrected chi connectivity index (χ3v) is 3.16. The van der Waals surface area contributed by atoms with Crippen molar-refractivity contribution in [2.75, 3.05) is 50.0 Å². The van der Waals surface area contributed by atoms with Gasteiger partial charge in [-0.25, -0.2) is 0 Å². The number of nitrogens with zero attached hydrogens (tertiary/aromatic N) is 1. The standard InChI is InChI=1S/C8H18N2S2.2ClH/c11-6-4-10-3-1-9-2-7-12-8-5-10;;/h9,11H,1-8H2;2*1H. The summed E-state index contributed by atoms with van der Waals surface area (Å²) >= 11 is 6.29. The molecule has 0 atom stereocenters. The lowest BCUT2D eigenvalue weighted by molar-refractivity contribution is 0.310. The average Bonchev–Trinajstić information content (AvgIpc) is 2.19. The van der Waals surface area contributed by atoms with Crippen molar-refractivity contribution in [2.24, 2.45) is 0 Å². The lowest BCUT2D eigenvalue weighted by Gasteiger charge is -2.19. The largest absolute Gasteiger partial charge is 0.315 e. The minimum atomic E-state index is 0. The van der Waals surface area contributed by atoms with Crippen LogP contribution in [0.4, 0.5) is 0 Å². The molecule has 0 aromatic rings. The molecule has 0 bridgehead atoms. The molecule has 1 aliphatic heterocycles. The average molecular weight is 279 g/mol. The molecule has 1 fully saturated rings. The summed E-state index contributed by atoms with van der Waals surface area (Å²) in [5.74, 6) is 3.51. The Bertz CT molecular complexity index is 110. The van der Waals surface area contributed by atoms with Gasteiger partial charge in [-0.2, -0.15) is 24.4 Å². The third-order valence-electron chi connectivity index (χ3n) is 2.00. The van der Waals surface area contributed by atoms with E-state index in [1.165, 1.54) is 31.1 Å². The van der Waals surface area contributed by atoms with Gasteiger partial charge in [0.1, 0.15) is 0 Å². The fourth-order valence-corrected chi connectivity index (χ4v) is 2.44. The summed E-state index contributed by atoms with van der Waals surface area (Å²) in [4.78, 5) is 2.48. The first-order valence-electron chi connectivity index (χ1n) is 4.55. The third kappa shape index (κ3) is 8.50. The van der Waals surface area contributed by atoms with Crippen molar-refractivity contribution in [3.8, 4) is 0 Å². The summed E-state index contributed by atoms with van der Waals surface area (Å²) in [5.41, 5.74) is 0. The van der Waals surface area contributed by atoms with Gasteiger partial charge in [0, 0.05) is 50.0 Å². The number of hydrogen-bond donors (Lipinski definition) is 2. The summed E-state index contributed by atoms with van der Waals surface area (Å²) in [7, 11) is 0. The van der Waals surface area contributed by atoms with E-state index in [0.717, 1.165) is 18.8 Å². The number of thioether (sulfide) groups is 1. The SMILES string of the molecule is Cl.Cl.SCCN1CCNCCSCC1. The van der Waals surface area contributed by atoms with Crippen LogP contribution in [0.1, 0.15) is 0 Å². The Morgan fingerprint density at radius 3 is 2.64 bits per heavy atom. The van der Waals surface area contributed by atoms with Crippen molar-refractivity contribution in [1.29, 1.82) is 0 Å². The molecule has 1 N–H and O–H groups in total.